The number of likely N-dealkylation sites (tertiary alicyclic amines) is 1. The molecule has 0 bridgehead atoms. The zero-order chi connectivity index (χ0) is 14.5. The van der Waals surface area contributed by atoms with Crippen LogP contribution in [0.2, 0.25) is 0 Å². The lowest BCUT2D eigenvalue weighted by Gasteiger charge is -2.32. The van der Waals surface area contributed by atoms with Gasteiger partial charge in [-0.25, -0.2) is 0 Å². The van der Waals surface area contributed by atoms with E-state index in [-0.39, 0.29) is 24.1 Å². The summed E-state index contributed by atoms with van der Waals surface area (Å²) in [5, 5.41) is 2.60. The van der Waals surface area contributed by atoms with Gasteiger partial charge in [0.15, 0.2) is 10.4 Å². The zero-order valence-corrected chi connectivity index (χ0v) is 13.1. The van der Waals surface area contributed by atoms with Crippen molar-refractivity contribution in [3.63, 3.8) is 0 Å². The van der Waals surface area contributed by atoms with E-state index < -0.39 is 0 Å². The van der Waals surface area contributed by atoms with Crippen molar-refractivity contribution >= 4 is 27.7 Å². The molecular formula is C14H19BrN2O3. The van der Waals surface area contributed by atoms with Gasteiger partial charge in [0, 0.05) is 13.1 Å². The van der Waals surface area contributed by atoms with Gasteiger partial charge in [0.05, 0.1) is 6.54 Å². The molecule has 1 aromatic heterocycles. The number of carbonyl (C=O) groups is 2. The minimum Gasteiger partial charge on any atom is -0.444 e. The quantitative estimate of drug-likeness (QED) is 0.913. The minimum absolute atomic E-state index is 0.0214. The third-order valence-electron chi connectivity index (χ3n) is 3.65. The Bertz CT molecular complexity index is 487. The summed E-state index contributed by atoms with van der Waals surface area (Å²) in [5.41, 5.74) is 0. The molecule has 0 aliphatic carbocycles. The number of amides is 2. The fourth-order valence-electron chi connectivity index (χ4n) is 2.42. The van der Waals surface area contributed by atoms with E-state index in [4.69, 9.17) is 4.42 Å². The number of nitrogens with one attached hydrogen (secondary N) is 1. The number of hydrogen-bond donors (Lipinski definition) is 1. The van der Waals surface area contributed by atoms with Gasteiger partial charge in [-0.05, 0) is 46.8 Å². The predicted octanol–water partition coefficient (Wildman–Crippen LogP) is 2.42. The smallest absolute Gasteiger partial charge is 0.287 e. The van der Waals surface area contributed by atoms with Crippen molar-refractivity contribution in [3.05, 3.63) is 22.6 Å². The van der Waals surface area contributed by atoms with Gasteiger partial charge in [-0.15, -0.1) is 0 Å². The Kier molecular flexibility index (Phi) is 5.23. The zero-order valence-electron chi connectivity index (χ0n) is 11.5. The summed E-state index contributed by atoms with van der Waals surface area (Å²) >= 11 is 3.14. The van der Waals surface area contributed by atoms with Crippen LogP contribution in [0.5, 0.6) is 0 Å². The molecule has 0 saturated carbocycles. The molecule has 2 heterocycles. The fourth-order valence-corrected chi connectivity index (χ4v) is 2.72. The molecule has 1 N–H and O–H groups in total. The molecule has 1 aliphatic rings. The Morgan fingerprint density at radius 1 is 1.50 bits per heavy atom. The summed E-state index contributed by atoms with van der Waals surface area (Å²) in [6.45, 7) is 3.76. The van der Waals surface area contributed by atoms with Gasteiger partial charge in [-0.2, -0.15) is 0 Å². The molecule has 5 nitrogen and oxygen atoms in total. The van der Waals surface area contributed by atoms with Crippen molar-refractivity contribution in [3.8, 4) is 0 Å². The Morgan fingerprint density at radius 2 is 2.30 bits per heavy atom. The average molecular weight is 343 g/mol. The average Bonchev–Trinajstić information content (AvgIpc) is 2.91. The molecule has 1 unspecified atom stereocenters. The van der Waals surface area contributed by atoms with E-state index in [1.54, 1.807) is 12.1 Å². The summed E-state index contributed by atoms with van der Waals surface area (Å²) in [5.74, 6) is 0.398. The summed E-state index contributed by atoms with van der Waals surface area (Å²) < 4.78 is 5.63. The van der Waals surface area contributed by atoms with Gasteiger partial charge in [0.25, 0.3) is 5.91 Å². The highest BCUT2D eigenvalue weighted by Crippen LogP contribution is 2.19. The van der Waals surface area contributed by atoms with Crippen molar-refractivity contribution in [2.45, 2.75) is 26.2 Å². The third-order valence-corrected chi connectivity index (χ3v) is 4.07. The van der Waals surface area contributed by atoms with E-state index in [1.807, 2.05) is 4.90 Å². The summed E-state index contributed by atoms with van der Waals surface area (Å²) in [6.07, 6.45) is 3.33. The highest BCUT2D eigenvalue weighted by atomic mass is 79.9. The van der Waals surface area contributed by atoms with Crippen molar-refractivity contribution in [2.75, 3.05) is 19.6 Å². The van der Waals surface area contributed by atoms with E-state index in [0.29, 0.717) is 10.6 Å². The van der Waals surface area contributed by atoms with Crippen LogP contribution in [-0.2, 0) is 4.79 Å². The number of hydrogen-bond acceptors (Lipinski definition) is 3. The van der Waals surface area contributed by atoms with E-state index in [2.05, 4.69) is 28.2 Å². The molecule has 1 fully saturated rings. The second-order valence-electron chi connectivity index (χ2n) is 5.04. The van der Waals surface area contributed by atoms with Crippen molar-refractivity contribution in [2.24, 2.45) is 5.92 Å². The number of rotatable bonds is 4. The summed E-state index contributed by atoms with van der Waals surface area (Å²) in [4.78, 5) is 25.7. The van der Waals surface area contributed by atoms with Crippen LogP contribution in [0.4, 0.5) is 0 Å². The molecule has 6 heteroatoms. The Labute approximate surface area is 126 Å². The lowest BCUT2D eigenvalue weighted by molar-refractivity contribution is -0.131. The highest BCUT2D eigenvalue weighted by Gasteiger charge is 2.23. The van der Waals surface area contributed by atoms with Crippen molar-refractivity contribution in [1.29, 1.82) is 0 Å². The van der Waals surface area contributed by atoms with Gasteiger partial charge < -0.3 is 14.6 Å². The van der Waals surface area contributed by atoms with E-state index in [9.17, 15) is 9.59 Å². The lowest BCUT2D eigenvalue weighted by atomic mass is 9.96. The van der Waals surface area contributed by atoms with E-state index >= 15 is 0 Å². The van der Waals surface area contributed by atoms with Crippen LogP contribution in [0.15, 0.2) is 21.2 Å². The normalized spacial score (nSPS) is 18.9. The molecule has 1 atom stereocenters. The van der Waals surface area contributed by atoms with Gasteiger partial charge in [0.2, 0.25) is 5.91 Å². The predicted molar refractivity (Wildman–Crippen MR) is 78.3 cm³/mol. The van der Waals surface area contributed by atoms with Crippen LogP contribution in [0, 0.1) is 5.92 Å². The molecule has 1 aliphatic heterocycles. The van der Waals surface area contributed by atoms with Gasteiger partial charge in [0.1, 0.15) is 0 Å². The first-order chi connectivity index (χ1) is 9.60. The third kappa shape index (κ3) is 3.85. The van der Waals surface area contributed by atoms with E-state index in [0.717, 1.165) is 25.9 Å². The Balaban J connectivity index is 1.81. The Hall–Kier alpha value is -1.30. The molecule has 0 radical (unpaired) electrons. The molecule has 110 valence electrons. The molecule has 0 aromatic carbocycles. The molecule has 0 spiro atoms. The first kappa shape index (κ1) is 15.1. The minimum atomic E-state index is -0.367. The topological polar surface area (TPSA) is 62.6 Å². The first-order valence-corrected chi connectivity index (χ1v) is 7.70. The molecule has 1 saturated heterocycles. The summed E-state index contributed by atoms with van der Waals surface area (Å²) in [7, 11) is 0. The first-order valence-electron chi connectivity index (χ1n) is 6.91. The standard InChI is InChI=1S/C14H19BrN2O3/c1-2-10-4-3-7-17(9-10)13(18)8-16-14(19)11-5-6-12(15)20-11/h5-6,10H,2-4,7-9H2,1H3,(H,16,19). The van der Waals surface area contributed by atoms with Crippen LogP contribution >= 0.6 is 15.9 Å². The fraction of sp³-hybridized carbons (Fsp3) is 0.571. The van der Waals surface area contributed by atoms with Gasteiger partial charge >= 0.3 is 0 Å². The summed E-state index contributed by atoms with van der Waals surface area (Å²) in [6, 6.07) is 3.21. The maximum atomic E-state index is 12.1. The van der Waals surface area contributed by atoms with E-state index in [1.165, 1.54) is 6.42 Å². The van der Waals surface area contributed by atoms with Crippen molar-refractivity contribution in [1.82, 2.24) is 10.2 Å². The molecule has 2 amide bonds. The number of halogens is 1. The van der Waals surface area contributed by atoms with Crippen molar-refractivity contribution < 1.29 is 14.0 Å². The maximum absolute atomic E-state index is 12.1. The number of nitrogens with zero attached hydrogens (tertiary/aromatic N) is 1. The second kappa shape index (κ2) is 6.92. The SMILES string of the molecule is CCC1CCCN(C(=O)CNC(=O)c2ccc(Br)o2)C1. The Morgan fingerprint density at radius 3 is 2.95 bits per heavy atom. The number of piperidine rings is 1. The van der Waals surface area contributed by atoms with Crippen LogP contribution in [0.3, 0.4) is 0 Å². The van der Waals surface area contributed by atoms with Gasteiger partial charge in [-0.3, -0.25) is 9.59 Å². The maximum Gasteiger partial charge on any atom is 0.287 e. The van der Waals surface area contributed by atoms with Crippen LogP contribution in [0.25, 0.3) is 0 Å². The number of carbonyl (C=O) groups excluding carboxylic acids is 2. The largest absolute Gasteiger partial charge is 0.444 e. The van der Waals surface area contributed by atoms with Gasteiger partial charge in [-0.1, -0.05) is 13.3 Å². The molecular weight excluding hydrogens is 324 g/mol. The monoisotopic (exact) mass is 342 g/mol. The molecule has 2 rings (SSSR count). The van der Waals surface area contributed by atoms with Crippen LogP contribution in [0.1, 0.15) is 36.7 Å². The highest BCUT2D eigenvalue weighted by molar-refractivity contribution is 9.10. The number of furan rings is 1. The van der Waals surface area contributed by atoms with Crippen LogP contribution in [-0.4, -0.2) is 36.3 Å². The lowest BCUT2D eigenvalue weighted by Crippen LogP contribution is -2.44. The molecule has 1 aromatic rings. The molecule has 20 heavy (non-hydrogen) atoms. The van der Waals surface area contributed by atoms with Crippen LogP contribution < -0.4 is 5.32 Å². The second-order valence-corrected chi connectivity index (χ2v) is 5.82.